The second kappa shape index (κ2) is 6.18. The third-order valence-corrected chi connectivity index (χ3v) is 4.27. The molecule has 0 aliphatic rings. The Bertz CT molecular complexity index is 884. The Labute approximate surface area is 136 Å². The molecule has 5 nitrogen and oxygen atoms in total. The number of methoxy groups -OCH3 is 1. The smallest absolute Gasteiger partial charge is 0.337 e. The number of hydrogen-bond acceptors (Lipinski definition) is 5. The molecule has 1 amide bonds. The standard InChI is InChI=1S/C17H14N2O3S/c1-10-18-14-9-12(5-8-15(14)23-10)16(20)19-13-6-3-11(4-7-13)17(21)22-2/h3-9H,1-2H3,(H,19,20). The van der Waals surface area contributed by atoms with Crippen molar-refractivity contribution in [1.82, 2.24) is 4.98 Å². The molecule has 116 valence electrons. The number of aryl methyl sites for hydroxylation is 1. The number of esters is 1. The molecule has 0 fully saturated rings. The number of thiazole rings is 1. The van der Waals surface area contributed by atoms with Crippen molar-refractivity contribution in [2.24, 2.45) is 0 Å². The van der Waals surface area contributed by atoms with Gasteiger partial charge in [-0.25, -0.2) is 9.78 Å². The summed E-state index contributed by atoms with van der Waals surface area (Å²) < 4.78 is 5.69. The molecule has 1 aromatic heterocycles. The largest absolute Gasteiger partial charge is 0.465 e. The minimum atomic E-state index is -0.410. The summed E-state index contributed by atoms with van der Waals surface area (Å²) in [7, 11) is 1.33. The van der Waals surface area contributed by atoms with Crippen LogP contribution in [0.4, 0.5) is 5.69 Å². The predicted molar refractivity (Wildman–Crippen MR) is 90.1 cm³/mol. The minimum Gasteiger partial charge on any atom is -0.465 e. The summed E-state index contributed by atoms with van der Waals surface area (Å²) in [4.78, 5) is 28.1. The molecule has 0 atom stereocenters. The van der Waals surface area contributed by atoms with Crippen molar-refractivity contribution in [1.29, 1.82) is 0 Å². The summed E-state index contributed by atoms with van der Waals surface area (Å²) in [6.45, 7) is 1.94. The van der Waals surface area contributed by atoms with E-state index in [1.807, 2.05) is 13.0 Å². The number of amides is 1. The van der Waals surface area contributed by atoms with E-state index in [2.05, 4.69) is 15.0 Å². The molecule has 2 aromatic carbocycles. The predicted octanol–water partition coefficient (Wildman–Crippen LogP) is 3.64. The molecule has 0 saturated heterocycles. The Morgan fingerprint density at radius 2 is 1.78 bits per heavy atom. The number of nitrogens with zero attached hydrogens (tertiary/aromatic N) is 1. The number of rotatable bonds is 3. The van der Waals surface area contributed by atoms with Crippen LogP contribution in [-0.4, -0.2) is 24.0 Å². The van der Waals surface area contributed by atoms with E-state index in [4.69, 9.17) is 0 Å². The average molecular weight is 326 g/mol. The lowest BCUT2D eigenvalue weighted by molar-refractivity contribution is 0.0600. The van der Waals surface area contributed by atoms with Crippen LogP contribution in [-0.2, 0) is 4.74 Å². The molecule has 0 spiro atoms. The minimum absolute atomic E-state index is 0.219. The van der Waals surface area contributed by atoms with Gasteiger partial charge in [-0.2, -0.15) is 0 Å². The summed E-state index contributed by atoms with van der Waals surface area (Å²) in [5.41, 5.74) is 2.41. The van der Waals surface area contributed by atoms with Gasteiger partial charge in [0, 0.05) is 11.3 Å². The van der Waals surface area contributed by atoms with Gasteiger partial charge in [-0.05, 0) is 49.4 Å². The third-order valence-electron chi connectivity index (χ3n) is 3.32. The number of carbonyl (C=O) groups excluding carboxylic acids is 2. The molecule has 6 heteroatoms. The number of nitrogens with one attached hydrogen (secondary N) is 1. The fourth-order valence-corrected chi connectivity index (χ4v) is 3.00. The molecular weight excluding hydrogens is 312 g/mol. The van der Waals surface area contributed by atoms with E-state index in [0.29, 0.717) is 16.8 Å². The van der Waals surface area contributed by atoms with Gasteiger partial charge in [-0.1, -0.05) is 0 Å². The number of benzene rings is 2. The Hall–Kier alpha value is -2.73. The summed E-state index contributed by atoms with van der Waals surface area (Å²) >= 11 is 1.60. The Morgan fingerprint density at radius 3 is 2.48 bits per heavy atom. The molecule has 0 saturated carbocycles. The fourth-order valence-electron chi connectivity index (χ4n) is 2.19. The molecule has 0 aliphatic carbocycles. The highest BCUT2D eigenvalue weighted by molar-refractivity contribution is 7.18. The summed E-state index contributed by atoms with van der Waals surface area (Å²) in [5, 5.41) is 3.77. The normalized spacial score (nSPS) is 10.5. The van der Waals surface area contributed by atoms with Gasteiger partial charge >= 0.3 is 5.97 Å². The highest BCUT2D eigenvalue weighted by Crippen LogP contribution is 2.23. The number of hydrogen-bond donors (Lipinski definition) is 1. The van der Waals surface area contributed by atoms with Crippen molar-refractivity contribution in [2.75, 3.05) is 12.4 Å². The Balaban J connectivity index is 1.78. The van der Waals surface area contributed by atoms with E-state index in [1.54, 1.807) is 47.7 Å². The van der Waals surface area contributed by atoms with Crippen LogP contribution in [0.5, 0.6) is 0 Å². The maximum atomic E-state index is 12.3. The van der Waals surface area contributed by atoms with Crippen molar-refractivity contribution in [3.8, 4) is 0 Å². The van der Waals surface area contributed by atoms with E-state index >= 15 is 0 Å². The number of anilines is 1. The van der Waals surface area contributed by atoms with Gasteiger partial charge in [0.1, 0.15) is 0 Å². The van der Waals surface area contributed by atoms with Crippen LogP contribution < -0.4 is 5.32 Å². The maximum Gasteiger partial charge on any atom is 0.337 e. The summed E-state index contributed by atoms with van der Waals surface area (Å²) in [6.07, 6.45) is 0. The Kier molecular flexibility index (Phi) is 4.08. The number of carbonyl (C=O) groups is 2. The van der Waals surface area contributed by atoms with Crippen LogP contribution >= 0.6 is 11.3 Å². The third kappa shape index (κ3) is 3.22. The second-order valence-corrected chi connectivity index (χ2v) is 6.17. The lowest BCUT2D eigenvalue weighted by Crippen LogP contribution is -2.12. The first-order chi connectivity index (χ1) is 11.1. The first kappa shape index (κ1) is 15.2. The molecule has 1 heterocycles. The molecule has 0 radical (unpaired) electrons. The first-order valence-corrected chi connectivity index (χ1v) is 7.75. The van der Waals surface area contributed by atoms with Gasteiger partial charge < -0.3 is 10.1 Å². The van der Waals surface area contributed by atoms with E-state index in [9.17, 15) is 9.59 Å². The van der Waals surface area contributed by atoms with Crippen molar-refractivity contribution in [2.45, 2.75) is 6.92 Å². The van der Waals surface area contributed by atoms with Crippen LogP contribution in [0.1, 0.15) is 25.7 Å². The topological polar surface area (TPSA) is 68.3 Å². The first-order valence-electron chi connectivity index (χ1n) is 6.94. The highest BCUT2D eigenvalue weighted by atomic mass is 32.1. The number of fused-ring (bicyclic) bond motifs is 1. The molecule has 0 bridgehead atoms. The lowest BCUT2D eigenvalue weighted by Gasteiger charge is -2.06. The van der Waals surface area contributed by atoms with E-state index in [1.165, 1.54) is 7.11 Å². The van der Waals surface area contributed by atoms with Gasteiger partial charge in [-0.3, -0.25) is 4.79 Å². The summed E-state index contributed by atoms with van der Waals surface area (Å²) in [5.74, 6) is -0.629. The van der Waals surface area contributed by atoms with Gasteiger partial charge in [0.2, 0.25) is 0 Å². The molecule has 0 unspecified atom stereocenters. The monoisotopic (exact) mass is 326 g/mol. The van der Waals surface area contributed by atoms with Crippen molar-refractivity contribution >= 4 is 39.1 Å². The molecule has 1 N–H and O–H groups in total. The van der Waals surface area contributed by atoms with E-state index in [-0.39, 0.29) is 5.91 Å². The van der Waals surface area contributed by atoms with Gasteiger partial charge in [-0.15, -0.1) is 11.3 Å². The van der Waals surface area contributed by atoms with Crippen LogP contribution in [0.15, 0.2) is 42.5 Å². The molecule has 0 aliphatic heterocycles. The van der Waals surface area contributed by atoms with Gasteiger partial charge in [0.05, 0.1) is 27.9 Å². The second-order valence-electron chi connectivity index (χ2n) is 4.94. The van der Waals surface area contributed by atoms with E-state index in [0.717, 1.165) is 15.2 Å². The molecule has 23 heavy (non-hydrogen) atoms. The average Bonchev–Trinajstić information content (AvgIpc) is 2.93. The van der Waals surface area contributed by atoms with Crippen LogP contribution in [0.2, 0.25) is 0 Å². The van der Waals surface area contributed by atoms with Crippen LogP contribution in [0, 0.1) is 6.92 Å². The maximum absolute atomic E-state index is 12.3. The Morgan fingerprint density at radius 1 is 1.09 bits per heavy atom. The number of aromatic nitrogens is 1. The van der Waals surface area contributed by atoms with Crippen molar-refractivity contribution in [3.63, 3.8) is 0 Å². The van der Waals surface area contributed by atoms with Crippen LogP contribution in [0.3, 0.4) is 0 Å². The quantitative estimate of drug-likeness (QED) is 0.746. The molecule has 3 rings (SSSR count). The SMILES string of the molecule is COC(=O)c1ccc(NC(=O)c2ccc3sc(C)nc3c2)cc1. The van der Waals surface area contributed by atoms with Crippen LogP contribution in [0.25, 0.3) is 10.2 Å². The zero-order valence-electron chi connectivity index (χ0n) is 12.6. The molecule has 3 aromatic rings. The summed E-state index contributed by atoms with van der Waals surface area (Å²) in [6, 6.07) is 12.0. The molecular formula is C17H14N2O3S. The number of ether oxygens (including phenoxy) is 1. The zero-order chi connectivity index (χ0) is 16.4. The highest BCUT2D eigenvalue weighted by Gasteiger charge is 2.10. The fraction of sp³-hybridized carbons (Fsp3) is 0.118. The van der Waals surface area contributed by atoms with Crippen molar-refractivity contribution < 1.29 is 14.3 Å². The zero-order valence-corrected chi connectivity index (χ0v) is 13.4. The van der Waals surface area contributed by atoms with Crippen molar-refractivity contribution in [3.05, 3.63) is 58.6 Å². The van der Waals surface area contributed by atoms with E-state index < -0.39 is 5.97 Å². The lowest BCUT2D eigenvalue weighted by atomic mass is 10.1. The van der Waals surface area contributed by atoms with Gasteiger partial charge in [0.25, 0.3) is 5.91 Å². The van der Waals surface area contributed by atoms with Gasteiger partial charge in [0.15, 0.2) is 0 Å².